The number of amides is 3. The zero-order valence-electron chi connectivity index (χ0n) is 10.6. The van der Waals surface area contributed by atoms with Gasteiger partial charge in [-0.3, -0.25) is 14.4 Å². The Kier molecular flexibility index (Phi) is 4.16. The van der Waals surface area contributed by atoms with Crippen LogP contribution in [0, 0.1) is 0 Å². The molecule has 6 nitrogen and oxygen atoms in total. The lowest BCUT2D eigenvalue weighted by Crippen LogP contribution is -2.33. The van der Waals surface area contributed by atoms with Gasteiger partial charge in [0.25, 0.3) is 5.91 Å². The summed E-state index contributed by atoms with van der Waals surface area (Å²) in [6.45, 7) is 2.85. The Labute approximate surface area is 114 Å². The first-order chi connectivity index (χ1) is 9.06. The fourth-order valence-corrected chi connectivity index (χ4v) is 2.74. The normalized spacial score (nSPS) is 15.6. The van der Waals surface area contributed by atoms with E-state index < -0.39 is 0 Å². The van der Waals surface area contributed by atoms with E-state index in [1.165, 1.54) is 18.3 Å². The zero-order valence-corrected chi connectivity index (χ0v) is 11.4. The molecule has 0 spiro atoms. The Bertz CT molecular complexity index is 512. The summed E-state index contributed by atoms with van der Waals surface area (Å²) >= 11 is 1.24. The van der Waals surface area contributed by atoms with Gasteiger partial charge in [-0.2, -0.15) is 0 Å². The summed E-state index contributed by atoms with van der Waals surface area (Å²) in [6.07, 6.45) is 0.329. The van der Waals surface area contributed by atoms with Gasteiger partial charge in [0.2, 0.25) is 11.8 Å². The van der Waals surface area contributed by atoms with Crippen molar-refractivity contribution in [2.24, 2.45) is 0 Å². The Balaban J connectivity index is 2.04. The molecule has 0 aromatic carbocycles. The zero-order chi connectivity index (χ0) is 13.8. The number of anilines is 1. The summed E-state index contributed by atoms with van der Waals surface area (Å²) in [6, 6.07) is 3.40. The molecule has 1 saturated heterocycles. The summed E-state index contributed by atoms with van der Waals surface area (Å²) in [5, 5.41) is 6.02. The van der Waals surface area contributed by atoms with Crippen LogP contribution in [-0.2, 0) is 9.59 Å². The van der Waals surface area contributed by atoms with Crippen molar-refractivity contribution in [1.29, 1.82) is 0 Å². The van der Waals surface area contributed by atoms with Crippen molar-refractivity contribution in [2.45, 2.75) is 13.3 Å². The maximum atomic E-state index is 12.2. The third-order valence-corrected chi connectivity index (χ3v) is 3.70. The SMILES string of the molecule is CC(=O)Nc1ccc(C(=O)N2CCNC(=O)CC2)s1. The van der Waals surface area contributed by atoms with E-state index in [0.717, 1.165) is 0 Å². The number of carbonyl (C=O) groups is 3. The van der Waals surface area contributed by atoms with Crippen molar-refractivity contribution in [2.75, 3.05) is 25.0 Å². The number of nitrogens with one attached hydrogen (secondary N) is 2. The first kappa shape index (κ1) is 13.5. The van der Waals surface area contributed by atoms with Gasteiger partial charge >= 0.3 is 0 Å². The van der Waals surface area contributed by atoms with Crippen LogP contribution in [0.5, 0.6) is 0 Å². The summed E-state index contributed by atoms with van der Waals surface area (Å²) in [4.78, 5) is 36.6. The molecule has 2 rings (SSSR count). The van der Waals surface area contributed by atoms with Gasteiger partial charge in [0.15, 0.2) is 0 Å². The third-order valence-electron chi connectivity index (χ3n) is 2.72. The predicted octanol–water partition coefficient (Wildman–Crippen LogP) is 0.669. The van der Waals surface area contributed by atoms with E-state index >= 15 is 0 Å². The highest BCUT2D eigenvalue weighted by atomic mass is 32.1. The molecular weight excluding hydrogens is 266 g/mol. The van der Waals surface area contributed by atoms with Gasteiger partial charge in [-0.25, -0.2) is 0 Å². The fraction of sp³-hybridized carbons (Fsp3) is 0.417. The van der Waals surface area contributed by atoms with Gasteiger partial charge in [0, 0.05) is 33.0 Å². The van der Waals surface area contributed by atoms with Crippen molar-refractivity contribution in [3.05, 3.63) is 17.0 Å². The summed E-state index contributed by atoms with van der Waals surface area (Å²) in [7, 11) is 0. The maximum absolute atomic E-state index is 12.2. The quantitative estimate of drug-likeness (QED) is 0.836. The number of nitrogens with zero attached hydrogens (tertiary/aromatic N) is 1. The molecule has 0 unspecified atom stereocenters. The van der Waals surface area contributed by atoms with E-state index in [9.17, 15) is 14.4 Å². The minimum atomic E-state index is -0.162. The van der Waals surface area contributed by atoms with E-state index in [1.807, 2.05) is 0 Å². The first-order valence-electron chi connectivity index (χ1n) is 5.99. The molecule has 19 heavy (non-hydrogen) atoms. The maximum Gasteiger partial charge on any atom is 0.264 e. The van der Waals surface area contributed by atoms with E-state index in [4.69, 9.17) is 0 Å². The van der Waals surface area contributed by atoms with Gasteiger partial charge in [-0.15, -0.1) is 11.3 Å². The number of rotatable bonds is 2. The molecular formula is C12H15N3O3S. The molecule has 0 radical (unpaired) electrons. The molecule has 0 bridgehead atoms. The van der Waals surface area contributed by atoms with Gasteiger partial charge in [-0.1, -0.05) is 0 Å². The molecule has 102 valence electrons. The van der Waals surface area contributed by atoms with Crippen molar-refractivity contribution < 1.29 is 14.4 Å². The molecule has 0 aliphatic carbocycles. The monoisotopic (exact) mass is 281 g/mol. The van der Waals surface area contributed by atoms with Crippen molar-refractivity contribution in [1.82, 2.24) is 10.2 Å². The molecule has 2 N–H and O–H groups in total. The van der Waals surface area contributed by atoms with Gasteiger partial charge in [0.05, 0.1) is 9.88 Å². The van der Waals surface area contributed by atoms with Crippen molar-refractivity contribution in [3.8, 4) is 0 Å². The highest BCUT2D eigenvalue weighted by molar-refractivity contribution is 7.18. The molecule has 1 aliphatic rings. The van der Waals surface area contributed by atoms with Gasteiger partial charge in [0.1, 0.15) is 0 Å². The van der Waals surface area contributed by atoms with Crippen molar-refractivity contribution >= 4 is 34.1 Å². The van der Waals surface area contributed by atoms with Crippen molar-refractivity contribution in [3.63, 3.8) is 0 Å². The van der Waals surface area contributed by atoms with Crippen LogP contribution in [0.2, 0.25) is 0 Å². The second-order valence-electron chi connectivity index (χ2n) is 4.24. The highest BCUT2D eigenvalue weighted by Gasteiger charge is 2.21. The molecule has 1 aromatic rings. The van der Waals surface area contributed by atoms with Crippen LogP contribution < -0.4 is 10.6 Å². The molecule has 7 heteroatoms. The van der Waals surface area contributed by atoms with Crippen LogP contribution >= 0.6 is 11.3 Å². The summed E-state index contributed by atoms with van der Waals surface area (Å²) in [5.41, 5.74) is 0. The molecule has 1 aliphatic heterocycles. The lowest BCUT2D eigenvalue weighted by atomic mass is 10.3. The largest absolute Gasteiger partial charge is 0.354 e. The van der Waals surface area contributed by atoms with Crippen LogP contribution in [0.15, 0.2) is 12.1 Å². The topological polar surface area (TPSA) is 78.5 Å². The molecule has 0 atom stereocenters. The average Bonchev–Trinajstić information content (AvgIpc) is 2.69. The number of carbonyl (C=O) groups excluding carboxylic acids is 3. The smallest absolute Gasteiger partial charge is 0.264 e. The lowest BCUT2D eigenvalue weighted by molar-refractivity contribution is -0.120. The predicted molar refractivity (Wildman–Crippen MR) is 72.2 cm³/mol. The van der Waals surface area contributed by atoms with Crippen LogP contribution in [-0.4, -0.2) is 42.3 Å². The summed E-state index contributed by atoms with van der Waals surface area (Å²) in [5.74, 6) is -0.288. The Hall–Kier alpha value is -1.89. The fourth-order valence-electron chi connectivity index (χ4n) is 1.82. The molecule has 3 amide bonds. The Morgan fingerprint density at radius 1 is 1.37 bits per heavy atom. The van der Waals surface area contributed by atoms with E-state index in [-0.39, 0.29) is 17.7 Å². The molecule has 0 saturated carbocycles. The van der Waals surface area contributed by atoms with Crippen LogP contribution in [0.4, 0.5) is 5.00 Å². The Morgan fingerprint density at radius 2 is 2.16 bits per heavy atom. The second-order valence-corrected chi connectivity index (χ2v) is 5.32. The first-order valence-corrected chi connectivity index (χ1v) is 6.81. The van der Waals surface area contributed by atoms with Crippen LogP contribution in [0.3, 0.4) is 0 Å². The summed E-state index contributed by atoms with van der Waals surface area (Å²) < 4.78 is 0. The van der Waals surface area contributed by atoms with Gasteiger partial charge in [-0.05, 0) is 12.1 Å². The molecule has 2 heterocycles. The number of hydrogen-bond donors (Lipinski definition) is 2. The minimum absolute atomic E-state index is 0.0274. The number of hydrogen-bond acceptors (Lipinski definition) is 4. The van der Waals surface area contributed by atoms with E-state index in [2.05, 4.69) is 10.6 Å². The lowest BCUT2D eigenvalue weighted by Gasteiger charge is -2.18. The van der Waals surface area contributed by atoms with E-state index in [0.29, 0.717) is 35.9 Å². The Morgan fingerprint density at radius 3 is 2.89 bits per heavy atom. The number of thiophene rings is 1. The van der Waals surface area contributed by atoms with Gasteiger partial charge < -0.3 is 15.5 Å². The van der Waals surface area contributed by atoms with Crippen LogP contribution in [0.1, 0.15) is 23.0 Å². The van der Waals surface area contributed by atoms with Crippen LogP contribution in [0.25, 0.3) is 0 Å². The van der Waals surface area contributed by atoms with E-state index in [1.54, 1.807) is 17.0 Å². The highest BCUT2D eigenvalue weighted by Crippen LogP contribution is 2.23. The second kappa shape index (κ2) is 5.83. The average molecular weight is 281 g/mol. The minimum Gasteiger partial charge on any atom is -0.354 e. The third kappa shape index (κ3) is 3.54. The standard InChI is InChI=1S/C12H15N3O3S/c1-8(16)14-11-3-2-9(19-11)12(18)15-6-4-10(17)13-5-7-15/h2-3H,4-7H2,1H3,(H,13,17)(H,14,16). The molecule has 1 fully saturated rings. The molecule has 1 aromatic heterocycles.